The van der Waals surface area contributed by atoms with E-state index in [1.165, 1.54) is 24.6 Å². The highest BCUT2D eigenvalue weighted by atomic mass is 32.1. The molecular formula is C18H15N3O3S. The summed E-state index contributed by atoms with van der Waals surface area (Å²) in [5.41, 5.74) is 2.33. The zero-order valence-electron chi connectivity index (χ0n) is 13.4. The highest BCUT2D eigenvalue weighted by Gasteiger charge is 2.10. The molecule has 25 heavy (non-hydrogen) atoms. The van der Waals surface area contributed by atoms with Crippen LogP contribution in [-0.4, -0.2) is 31.9 Å². The standard InChI is InChI=1S/C18H15N3O3S/c1-11(22)13-4-2-12(3-5-13)6-15-7-14(9-25-15)16(23)8-17(24)18-19-10-20-21-18/h2-5,7-10,23H,6H2,1H3,(H,19,20,21). The number of carbonyl (C=O) groups excluding carboxylic acids is 2. The molecular weight excluding hydrogens is 338 g/mol. The van der Waals surface area contributed by atoms with Gasteiger partial charge in [0.25, 0.3) is 0 Å². The fraction of sp³-hybridized carbons (Fsp3) is 0.111. The number of hydrogen-bond acceptors (Lipinski definition) is 6. The lowest BCUT2D eigenvalue weighted by molar-refractivity contribution is 0.101. The van der Waals surface area contributed by atoms with Gasteiger partial charge in [0.1, 0.15) is 12.1 Å². The van der Waals surface area contributed by atoms with Crippen LogP contribution in [0.5, 0.6) is 0 Å². The lowest BCUT2D eigenvalue weighted by Crippen LogP contribution is -1.99. The number of carbonyl (C=O) groups is 2. The number of Topliss-reactive ketones (excluding diaryl/α,β-unsaturated/α-hetero) is 1. The van der Waals surface area contributed by atoms with Gasteiger partial charge in [-0.2, -0.15) is 5.10 Å². The molecule has 6 nitrogen and oxygen atoms in total. The highest BCUT2D eigenvalue weighted by Crippen LogP contribution is 2.23. The number of thiophene rings is 1. The first-order chi connectivity index (χ1) is 12.0. The number of rotatable bonds is 6. The second-order valence-corrected chi connectivity index (χ2v) is 6.46. The van der Waals surface area contributed by atoms with E-state index in [0.29, 0.717) is 17.5 Å². The van der Waals surface area contributed by atoms with Crippen LogP contribution in [0.15, 0.2) is 48.1 Å². The highest BCUT2D eigenvalue weighted by molar-refractivity contribution is 7.10. The number of aliphatic hydroxyl groups excluding tert-OH is 1. The molecule has 0 saturated heterocycles. The van der Waals surface area contributed by atoms with Gasteiger partial charge >= 0.3 is 0 Å². The van der Waals surface area contributed by atoms with Crippen molar-refractivity contribution in [3.63, 3.8) is 0 Å². The second-order valence-electron chi connectivity index (χ2n) is 5.46. The third kappa shape index (κ3) is 4.07. The van der Waals surface area contributed by atoms with Crippen LogP contribution in [0, 0.1) is 0 Å². The Morgan fingerprint density at radius 1 is 1.24 bits per heavy atom. The van der Waals surface area contributed by atoms with Crippen molar-refractivity contribution in [3.05, 3.63) is 75.5 Å². The molecule has 0 aliphatic heterocycles. The average Bonchev–Trinajstić information content (AvgIpc) is 3.27. The van der Waals surface area contributed by atoms with E-state index in [4.69, 9.17) is 0 Å². The smallest absolute Gasteiger partial charge is 0.226 e. The number of benzene rings is 1. The maximum Gasteiger partial charge on any atom is 0.226 e. The van der Waals surface area contributed by atoms with Crippen LogP contribution in [0.25, 0.3) is 5.76 Å². The van der Waals surface area contributed by atoms with Crippen LogP contribution < -0.4 is 0 Å². The SMILES string of the molecule is CC(=O)c1ccc(Cc2cc(C(O)=CC(=O)c3ncn[nH]3)cs2)cc1. The minimum atomic E-state index is -0.442. The molecule has 0 aliphatic rings. The molecule has 7 heteroatoms. The molecule has 2 heterocycles. The first kappa shape index (κ1) is 16.8. The predicted molar refractivity (Wildman–Crippen MR) is 94.9 cm³/mol. The van der Waals surface area contributed by atoms with Gasteiger partial charge in [0.2, 0.25) is 5.78 Å². The molecule has 0 spiro atoms. The lowest BCUT2D eigenvalue weighted by Gasteiger charge is -2.00. The van der Waals surface area contributed by atoms with Gasteiger partial charge in [-0.05, 0) is 18.6 Å². The van der Waals surface area contributed by atoms with Crippen LogP contribution >= 0.6 is 11.3 Å². The van der Waals surface area contributed by atoms with Crippen LogP contribution in [-0.2, 0) is 6.42 Å². The number of aliphatic hydroxyl groups is 1. The Hall–Kier alpha value is -3.06. The third-order valence-corrected chi connectivity index (χ3v) is 4.54. The van der Waals surface area contributed by atoms with Crippen molar-refractivity contribution in [2.75, 3.05) is 0 Å². The fourth-order valence-electron chi connectivity index (χ4n) is 2.27. The molecule has 3 rings (SSSR count). The average molecular weight is 353 g/mol. The summed E-state index contributed by atoms with van der Waals surface area (Å²) in [5.74, 6) is -0.442. The van der Waals surface area contributed by atoms with E-state index in [1.54, 1.807) is 17.5 Å². The van der Waals surface area contributed by atoms with Gasteiger partial charge in [-0.25, -0.2) is 4.98 Å². The predicted octanol–water partition coefficient (Wildman–Crippen LogP) is 3.44. The van der Waals surface area contributed by atoms with E-state index < -0.39 is 5.78 Å². The number of H-pyrrole nitrogens is 1. The third-order valence-electron chi connectivity index (χ3n) is 3.60. The summed E-state index contributed by atoms with van der Waals surface area (Å²) < 4.78 is 0. The van der Waals surface area contributed by atoms with Crippen LogP contribution in [0.1, 0.15) is 43.9 Å². The summed E-state index contributed by atoms with van der Waals surface area (Å²) in [5, 5.41) is 18.0. The Morgan fingerprint density at radius 3 is 2.64 bits per heavy atom. The Bertz CT molecular complexity index is 925. The molecule has 0 atom stereocenters. The first-order valence-electron chi connectivity index (χ1n) is 7.51. The van der Waals surface area contributed by atoms with Gasteiger partial charge in [0.05, 0.1) is 0 Å². The molecule has 0 bridgehead atoms. The van der Waals surface area contributed by atoms with Gasteiger partial charge in [-0.1, -0.05) is 24.3 Å². The lowest BCUT2D eigenvalue weighted by atomic mass is 10.1. The fourth-order valence-corrected chi connectivity index (χ4v) is 3.18. The zero-order valence-corrected chi connectivity index (χ0v) is 14.2. The van der Waals surface area contributed by atoms with Gasteiger partial charge in [-0.3, -0.25) is 14.7 Å². The summed E-state index contributed by atoms with van der Waals surface area (Å²) in [6.07, 6.45) is 3.04. The summed E-state index contributed by atoms with van der Waals surface area (Å²) in [6.45, 7) is 1.54. The van der Waals surface area contributed by atoms with E-state index in [9.17, 15) is 14.7 Å². The zero-order chi connectivity index (χ0) is 17.8. The molecule has 126 valence electrons. The number of aromatic nitrogens is 3. The normalized spacial score (nSPS) is 11.5. The van der Waals surface area contributed by atoms with Crippen molar-refractivity contribution in [2.24, 2.45) is 0 Å². The van der Waals surface area contributed by atoms with E-state index in [1.807, 2.05) is 18.2 Å². The van der Waals surface area contributed by atoms with Crippen molar-refractivity contribution < 1.29 is 14.7 Å². The summed E-state index contributed by atoms with van der Waals surface area (Å²) in [6, 6.07) is 9.28. The topological polar surface area (TPSA) is 95.9 Å². The maximum absolute atomic E-state index is 11.9. The largest absolute Gasteiger partial charge is 0.507 e. The number of nitrogens with one attached hydrogen (secondary N) is 1. The minimum absolute atomic E-state index is 0.0384. The molecule has 0 saturated carbocycles. The van der Waals surface area contributed by atoms with Crippen molar-refractivity contribution in [2.45, 2.75) is 13.3 Å². The molecule has 0 unspecified atom stereocenters. The van der Waals surface area contributed by atoms with E-state index in [2.05, 4.69) is 15.2 Å². The molecule has 1 aromatic carbocycles. The van der Waals surface area contributed by atoms with Crippen LogP contribution in [0.2, 0.25) is 0 Å². The number of nitrogens with zero attached hydrogens (tertiary/aromatic N) is 2. The van der Waals surface area contributed by atoms with Crippen LogP contribution in [0.4, 0.5) is 0 Å². The van der Waals surface area contributed by atoms with Crippen molar-refractivity contribution >= 4 is 28.7 Å². The van der Waals surface area contributed by atoms with Crippen LogP contribution in [0.3, 0.4) is 0 Å². The van der Waals surface area contributed by atoms with Crippen molar-refractivity contribution in [3.8, 4) is 0 Å². The number of aromatic amines is 1. The molecule has 2 N–H and O–H groups in total. The summed E-state index contributed by atoms with van der Waals surface area (Å²) in [4.78, 5) is 28.0. The monoisotopic (exact) mass is 353 g/mol. The van der Waals surface area contributed by atoms with Gasteiger partial charge in [-0.15, -0.1) is 11.3 Å². The molecule has 0 fully saturated rings. The van der Waals surface area contributed by atoms with E-state index in [-0.39, 0.29) is 17.4 Å². The summed E-state index contributed by atoms with van der Waals surface area (Å²) >= 11 is 1.49. The van der Waals surface area contributed by atoms with E-state index >= 15 is 0 Å². The Balaban J connectivity index is 1.71. The Labute approximate surface area is 147 Å². The molecule has 2 aromatic heterocycles. The molecule has 3 aromatic rings. The van der Waals surface area contributed by atoms with E-state index in [0.717, 1.165) is 16.5 Å². The number of hydrogen-bond donors (Lipinski definition) is 2. The minimum Gasteiger partial charge on any atom is -0.507 e. The first-order valence-corrected chi connectivity index (χ1v) is 8.39. The quantitative estimate of drug-likeness (QED) is 0.402. The van der Waals surface area contributed by atoms with Gasteiger partial charge in [0.15, 0.2) is 11.6 Å². The molecule has 0 amide bonds. The second kappa shape index (κ2) is 7.23. The molecule has 0 radical (unpaired) electrons. The van der Waals surface area contributed by atoms with Crippen molar-refractivity contribution in [1.29, 1.82) is 0 Å². The number of allylic oxidation sites excluding steroid dienone is 1. The van der Waals surface area contributed by atoms with Gasteiger partial charge in [0, 0.05) is 33.9 Å². The van der Waals surface area contributed by atoms with Crippen molar-refractivity contribution in [1.82, 2.24) is 15.2 Å². The molecule has 0 aliphatic carbocycles. The Kier molecular flexibility index (Phi) is 4.85. The Morgan fingerprint density at radius 2 is 2.00 bits per heavy atom. The van der Waals surface area contributed by atoms with Gasteiger partial charge < -0.3 is 5.11 Å². The summed E-state index contributed by atoms with van der Waals surface area (Å²) in [7, 11) is 0. The number of ketones is 2. The maximum atomic E-state index is 11.9.